The van der Waals surface area contributed by atoms with Crippen LogP contribution in [-0.2, 0) is 24.5 Å². The Kier molecular flexibility index (Phi) is 4.03. The summed E-state index contributed by atoms with van der Waals surface area (Å²) in [7, 11) is -7.27. The average Bonchev–Trinajstić information content (AvgIpc) is 3.26. The molecule has 0 aliphatic carbocycles. The van der Waals surface area contributed by atoms with Gasteiger partial charge in [-0.3, -0.25) is 0 Å². The zero-order valence-corrected chi connectivity index (χ0v) is 14.4. The highest BCUT2D eigenvalue weighted by Gasteiger charge is 2.46. The van der Waals surface area contributed by atoms with Gasteiger partial charge in [0.2, 0.25) is 0 Å². The fourth-order valence-electron chi connectivity index (χ4n) is 2.24. The number of nitrogens with zero attached hydrogens (tertiary/aromatic N) is 1. The van der Waals surface area contributed by atoms with Gasteiger partial charge in [-0.05, 0) is 38.1 Å². The largest absolute Gasteiger partial charge is 0.354 e. The maximum atomic E-state index is 13.3. The number of sulfonamides is 1. The van der Waals surface area contributed by atoms with E-state index in [9.17, 15) is 12.6 Å². The van der Waals surface area contributed by atoms with Crippen molar-refractivity contribution in [2.24, 2.45) is 3.77 Å². The third-order valence-electron chi connectivity index (χ3n) is 3.58. The van der Waals surface area contributed by atoms with Gasteiger partial charge in [0.15, 0.2) is 5.44 Å². The zero-order valence-electron chi connectivity index (χ0n) is 12.7. The number of rotatable bonds is 4. The molecule has 1 heterocycles. The van der Waals surface area contributed by atoms with E-state index in [0.29, 0.717) is 4.90 Å². The molecule has 0 radical (unpaired) electrons. The Morgan fingerprint density at radius 2 is 1.48 bits per heavy atom. The van der Waals surface area contributed by atoms with Gasteiger partial charge >= 0.3 is 0 Å². The van der Waals surface area contributed by atoms with Gasteiger partial charge in [-0.15, -0.1) is 0 Å². The van der Waals surface area contributed by atoms with E-state index in [1.54, 1.807) is 49.4 Å². The summed E-state index contributed by atoms with van der Waals surface area (Å²) in [6.45, 7) is 3.61. The summed E-state index contributed by atoms with van der Waals surface area (Å²) in [5, 5.41) is 0. The topological polar surface area (TPSA) is 76.1 Å². The molecule has 5 nitrogen and oxygen atoms in total. The number of ether oxygens (including phenoxy) is 1. The Bertz CT molecular complexity index is 928. The van der Waals surface area contributed by atoms with E-state index < -0.39 is 25.2 Å². The minimum absolute atomic E-state index is 0.0278. The van der Waals surface area contributed by atoms with Crippen LogP contribution in [0.25, 0.3) is 0 Å². The van der Waals surface area contributed by atoms with E-state index >= 15 is 0 Å². The van der Waals surface area contributed by atoms with Gasteiger partial charge in [0.05, 0.1) is 15.9 Å². The first-order chi connectivity index (χ1) is 10.8. The summed E-state index contributed by atoms with van der Waals surface area (Å²) in [4.78, 5) is 0.394. The second kappa shape index (κ2) is 5.74. The van der Waals surface area contributed by atoms with Gasteiger partial charge in [0.1, 0.15) is 9.73 Å². The highest BCUT2D eigenvalue weighted by molar-refractivity contribution is 8.03. The molecule has 3 atom stereocenters. The molecule has 3 rings (SSSR count). The maximum absolute atomic E-state index is 13.3. The molecule has 122 valence electrons. The Balaban J connectivity index is 2.16. The van der Waals surface area contributed by atoms with Crippen molar-refractivity contribution in [1.82, 2.24) is 0 Å². The molecule has 0 aromatic heterocycles. The molecule has 0 unspecified atom stereocenters. The van der Waals surface area contributed by atoms with Crippen molar-refractivity contribution in [2.75, 3.05) is 0 Å². The molecule has 1 aliphatic rings. The highest BCUT2D eigenvalue weighted by atomic mass is 32.3. The smallest absolute Gasteiger partial charge is 0.290 e. The number of hydrogen-bond acceptors (Lipinski definition) is 4. The first-order valence-corrected chi connectivity index (χ1v) is 10.1. The van der Waals surface area contributed by atoms with Crippen molar-refractivity contribution in [2.45, 2.75) is 35.2 Å². The second-order valence-corrected chi connectivity index (χ2v) is 9.55. The lowest BCUT2D eigenvalue weighted by Crippen LogP contribution is -2.13. The number of benzene rings is 2. The Morgan fingerprint density at radius 3 is 2.00 bits per heavy atom. The second-order valence-electron chi connectivity index (χ2n) is 5.45. The van der Waals surface area contributed by atoms with Crippen molar-refractivity contribution in [3.8, 4) is 0 Å². The molecule has 1 fully saturated rings. The van der Waals surface area contributed by atoms with Crippen molar-refractivity contribution in [1.29, 1.82) is 0 Å². The molecule has 1 aliphatic heterocycles. The van der Waals surface area contributed by atoms with Crippen LogP contribution in [0.3, 0.4) is 0 Å². The molecule has 0 spiro atoms. The summed E-state index contributed by atoms with van der Waals surface area (Å²) in [5.41, 5.74) is 0.233. The highest BCUT2D eigenvalue weighted by Crippen LogP contribution is 2.35. The predicted molar refractivity (Wildman–Crippen MR) is 88.0 cm³/mol. The van der Waals surface area contributed by atoms with Gasteiger partial charge in [0.25, 0.3) is 10.0 Å². The molecular weight excluding hydrogens is 334 g/mol. The summed E-state index contributed by atoms with van der Waals surface area (Å²) in [5.74, 6) is 0. The fraction of sp³-hybridized carbons (Fsp3) is 0.250. The van der Waals surface area contributed by atoms with Crippen LogP contribution in [0, 0.1) is 6.92 Å². The van der Waals surface area contributed by atoms with Gasteiger partial charge in [-0.2, -0.15) is 8.42 Å². The van der Waals surface area contributed by atoms with E-state index in [1.807, 2.05) is 6.92 Å². The van der Waals surface area contributed by atoms with E-state index in [4.69, 9.17) is 4.74 Å². The van der Waals surface area contributed by atoms with E-state index in [1.165, 1.54) is 12.1 Å². The van der Waals surface area contributed by atoms with Crippen LogP contribution in [0.1, 0.15) is 12.5 Å². The Labute approximate surface area is 136 Å². The van der Waals surface area contributed by atoms with Crippen LogP contribution in [0.15, 0.2) is 68.2 Å². The molecule has 0 bridgehead atoms. The summed E-state index contributed by atoms with van der Waals surface area (Å²) in [6.07, 6.45) is -0.278. The maximum Gasteiger partial charge on any atom is 0.290 e. The summed E-state index contributed by atoms with van der Waals surface area (Å²) in [6, 6.07) is 14.7. The molecule has 2 aromatic rings. The lowest BCUT2D eigenvalue weighted by atomic mass is 10.2. The van der Waals surface area contributed by atoms with Crippen LogP contribution in [-0.4, -0.2) is 24.2 Å². The van der Waals surface area contributed by atoms with Crippen LogP contribution >= 0.6 is 0 Å². The quantitative estimate of drug-likeness (QED) is 0.794. The lowest BCUT2D eigenvalue weighted by molar-refractivity contribution is 0.409. The van der Waals surface area contributed by atoms with Gasteiger partial charge in [-0.1, -0.05) is 39.7 Å². The van der Waals surface area contributed by atoms with Crippen molar-refractivity contribution in [3.05, 3.63) is 60.2 Å². The van der Waals surface area contributed by atoms with Crippen molar-refractivity contribution in [3.63, 3.8) is 0 Å². The zero-order chi connectivity index (χ0) is 16.7. The fourth-order valence-corrected chi connectivity index (χ4v) is 6.57. The molecule has 2 aromatic carbocycles. The van der Waals surface area contributed by atoms with Gasteiger partial charge < -0.3 is 4.74 Å². The lowest BCUT2D eigenvalue weighted by Gasteiger charge is -2.08. The standard InChI is InChI=1S/C16H17NO4S2/c1-12-8-10-15(11-9-12)23(19,20)17-22(18,16-13(2)21-16)14-6-4-3-5-7-14/h3-11,13,16H,1-2H3/t13-,16-,22-/m0/s1. The normalized spacial score (nSPS) is 23.0. The predicted octanol–water partition coefficient (Wildman–Crippen LogP) is 2.96. The van der Waals surface area contributed by atoms with Crippen molar-refractivity contribution >= 4 is 19.8 Å². The Morgan fingerprint density at radius 1 is 0.913 bits per heavy atom. The van der Waals surface area contributed by atoms with Gasteiger partial charge in [-0.25, -0.2) is 4.21 Å². The third-order valence-corrected chi connectivity index (χ3v) is 8.19. The average molecular weight is 351 g/mol. The molecular formula is C16H17NO4S2. The first-order valence-electron chi connectivity index (χ1n) is 7.12. The molecule has 0 N–H and O–H groups in total. The van der Waals surface area contributed by atoms with E-state index in [2.05, 4.69) is 3.77 Å². The SMILES string of the molecule is Cc1ccc(S(=O)(=O)N=[S@](=O)(c2ccccc2)[C@@H]2O[C@H]2C)cc1. The van der Waals surface area contributed by atoms with E-state index in [-0.39, 0.29) is 11.0 Å². The number of aryl methyl sites for hydroxylation is 1. The van der Waals surface area contributed by atoms with Crippen LogP contribution in [0.2, 0.25) is 0 Å². The van der Waals surface area contributed by atoms with Crippen LogP contribution < -0.4 is 0 Å². The number of epoxide rings is 1. The number of hydrogen-bond donors (Lipinski definition) is 0. The molecule has 0 saturated carbocycles. The monoisotopic (exact) mass is 351 g/mol. The Hall–Kier alpha value is -1.70. The summed E-state index contributed by atoms with van der Waals surface area (Å²) < 4.78 is 47.6. The molecule has 23 heavy (non-hydrogen) atoms. The third kappa shape index (κ3) is 3.17. The van der Waals surface area contributed by atoms with Crippen LogP contribution in [0.5, 0.6) is 0 Å². The van der Waals surface area contributed by atoms with Gasteiger partial charge in [0, 0.05) is 0 Å². The van der Waals surface area contributed by atoms with Crippen LogP contribution in [0.4, 0.5) is 0 Å². The molecule has 0 amide bonds. The molecule has 1 saturated heterocycles. The summed E-state index contributed by atoms with van der Waals surface area (Å²) >= 11 is 0. The minimum Gasteiger partial charge on any atom is -0.354 e. The molecule has 7 heteroatoms. The minimum atomic E-state index is -4.04. The first kappa shape index (κ1) is 16.2. The van der Waals surface area contributed by atoms with Crippen molar-refractivity contribution < 1.29 is 17.4 Å². The van der Waals surface area contributed by atoms with E-state index in [0.717, 1.165) is 5.56 Å².